The van der Waals surface area contributed by atoms with E-state index in [1.807, 2.05) is 39.0 Å². The largest absolute Gasteiger partial charge is 0.493 e. The van der Waals surface area contributed by atoms with Gasteiger partial charge in [-0.05, 0) is 55.5 Å². The van der Waals surface area contributed by atoms with Crippen LogP contribution in [0.1, 0.15) is 32.8 Å². The highest BCUT2D eigenvalue weighted by Gasteiger charge is 2.20. The van der Waals surface area contributed by atoms with Gasteiger partial charge in [0.2, 0.25) is 0 Å². The first-order valence-corrected chi connectivity index (χ1v) is 9.63. The zero-order valence-corrected chi connectivity index (χ0v) is 17.9. The lowest BCUT2D eigenvalue weighted by molar-refractivity contribution is 0.228. The van der Waals surface area contributed by atoms with Crippen molar-refractivity contribution in [1.29, 1.82) is 0 Å². The van der Waals surface area contributed by atoms with Crippen molar-refractivity contribution in [1.82, 2.24) is 9.78 Å². The van der Waals surface area contributed by atoms with Crippen LogP contribution in [0.2, 0.25) is 5.02 Å². The highest BCUT2D eigenvalue weighted by molar-refractivity contribution is 14.1. The van der Waals surface area contributed by atoms with Crippen LogP contribution in [0.3, 0.4) is 0 Å². The van der Waals surface area contributed by atoms with E-state index in [0.29, 0.717) is 18.8 Å². The quantitative estimate of drug-likeness (QED) is 0.472. The van der Waals surface area contributed by atoms with Crippen LogP contribution in [0.5, 0.6) is 11.5 Å². The molecule has 1 heterocycles. The Morgan fingerprint density at radius 1 is 1.27 bits per heavy atom. The van der Waals surface area contributed by atoms with Gasteiger partial charge in [-0.3, -0.25) is 4.79 Å². The lowest BCUT2D eigenvalue weighted by Gasteiger charge is -2.21. The van der Waals surface area contributed by atoms with Crippen molar-refractivity contribution >= 4 is 34.2 Å². The fourth-order valence-corrected chi connectivity index (χ4v) is 2.83. The smallest absolute Gasteiger partial charge is 0.289 e. The van der Waals surface area contributed by atoms with Gasteiger partial charge in [0.1, 0.15) is 12.4 Å². The molecule has 0 unspecified atom stereocenters. The predicted molar refractivity (Wildman–Crippen MR) is 109 cm³/mol. The van der Waals surface area contributed by atoms with E-state index in [1.54, 1.807) is 0 Å². The van der Waals surface area contributed by atoms with Crippen molar-refractivity contribution in [2.24, 2.45) is 0 Å². The molecule has 0 amide bonds. The second-order valence-electron chi connectivity index (χ2n) is 6.68. The molecule has 0 aliphatic carbocycles. The average molecular weight is 493 g/mol. The van der Waals surface area contributed by atoms with E-state index < -0.39 is 11.1 Å². The first kappa shape index (κ1) is 21.0. The topological polar surface area (TPSA) is 73.6 Å². The molecule has 2 rings (SSSR count). The molecule has 1 aromatic heterocycles. The number of aliphatic hydroxyl groups is 1. The monoisotopic (exact) mass is 492 g/mol. The van der Waals surface area contributed by atoms with Crippen LogP contribution in [0.4, 0.5) is 0 Å². The van der Waals surface area contributed by atoms with Crippen LogP contribution in [-0.2, 0) is 12.1 Å². The summed E-state index contributed by atoms with van der Waals surface area (Å²) in [6, 6.07) is 5.73. The van der Waals surface area contributed by atoms with Crippen molar-refractivity contribution in [2.75, 3.05) is 13.2 Å². The molecule has 1 aromatic carbocycles. The van der Waals surface area contributed by atoms with Crippen LogP contribution in [-0.4, -0.2) is 28.1 Å². The maximum atomic E-state index is 12.4. The molecule has 142 valence electrons. The Bertz CT molecular complexity index is 818. The number of ether oxygens (including phenoxy) is 2. The maximum absolute atomic E-state index is 12.4. The summed E-state index contributed by atoms with van der Waals surface area (Å²) < 4.78 is 13.8. The fourth-order valence-electron chi connectivity index (χ4n) is 2.18. The van der Waals surface area contributed by atoms with Gasteiger partial charge < -0.3 is 14.6 Å². The van der Waals surface area contributed by atoms with Crippen LogP contribution in [0, 0.1) is 3.57 Å². The lowest BCUT2D eigenvalue weighted by atomic mass is 10.1. The molecular formula is C18H22ClIN2O4. The minimum absolute atomic E-state index is 0.00295. The molecule has 26 heavy (non-hydrogen) atoms. The minimum atomic E-state index is -0.469. The predicted octanol–water partition coefficient (Wildman–Crippen LogP) is 3.60. The van der Waals surface area contributed by atoms with E-state index in [4.69, 9.17) is 26.2 Å². The number of hydrogen-bond donors (Lipinski definition) is 1. The summed E-state index contributed by atoms with van der Waals surface area (Å²) in [5.41, 5.74) is -0.0403. The molecule has 2 aromatic rings. The number of aromatic nitrogens is 2. The van der Waals surface area contributed by atoms with E-state index in [9.17, 15) is 4.79 Å². The maximum Gasteiger partial charge on any atom is 0.289 e. The Labute approximate surface area is 171 Å². The number of hydrogen-bond acceptors (Lipinski definition) is 5. The molecule has 0 aliphatic rings. The summed E-state index contributed by atoms with van der Waals surface area (Å²) in [5.74, 6) is 0.912. The molecule has 0 bridgehead atoms. The highest BCUT2D eigenvalue weighted by Crippen LogP contribution is 2.26. The molecule has 0 spiro atoms. The summed E-state index contributed by atoms with van der Waals surface area (Å²) in [6.45, 7) is 6.29. The summed E-state index contributed by atoms with van der Waals surface area (Å²) in [7, 11) is 0. The van der Waals surface area contributed by atoms with Crippen LogP contribution in [0.25, 0.3) is 0 Å². The molecule has 1 N–H and O–H groups in total. The number of rotatable bonds is 7. The molecular weight excluding hydrogens is 471 g/mol. The molecule has 0 fully saturated rings. The number of benzene rings is 1. The van der Waals surface area contributed by atoms with Gasteiger partial charge in [-0.2, -0.15) is 5.10 Å². The number of aliphatic hydroxyl groups excluding tert-OH is 1. The van der Waals surface area contributed by atoms with E-state index in [1.165, 1.54) is 10.9 Å². The zero-order chi connectivity index (χ0) is 19.3. The van der Waals surface area contributed by atoms with Gasteiger partial charge in [-0.15, -0.1) is 0 Å². The minimum Gasteiger partial charge on any atom is -0.493 e. The van der Waals surface area contributed by atoms with Crippen molar-refractivity contribution in [2.45, 2.75) is 39.3 Å². The van der Waals surface area contributed by atoms with Gasteiger partial charge >= 0.3 is 0 Å². The fraction of sp³-hybridized carbons (Fsp3) is 0.444. The van der Waals surface area contributed by atoms with Gasteiger partial charge in [0, 0.05) is 22.2 Å². The van der Waals surface area contributed by atoms with Gasteiger partial charge in [0.05, 0.1) is 18.3 Å². The van der Waals surface area contributed by atoms with Gasteiger partial charge in [-0.25, -0.2) is 4.68 Å². The molecule has 0 aliphatic heterocycles. The Morgan fingerprint density at radius 2 is 2.00 bits per heavy atom. The van der Waals surface area contributed by atoms with Crippen molar-refractivity contribution < 1.29 is 14.6 Å². The second kappa shape index (κ2) is 9.05. The van der Waals surface area contributed by atoms with Gasteiger partial charge in [-0.1, -0.05) is 17.7 Å². The van der Waals surface area contributed by atoms with Gasteiger partial charge in [0.25, 0.3) is 5.56 Å². The Kier molecular flexibility index (Phi) is 7.31. The summed E-state index contributed by atoms with van der Waals surface area (Å²) in [5, 5.41) is 13.1. The average Bonchev–Trinajstić information content (AvgIpc) is 2.56. The van der Waals surface area contributed by atoms with Crippen LogP contribution < -0.4 is 15.0 Å². The third-order valence-corrected chi connectivity index (χ3v) is 4.51. The van der Waals surface area contributed by atoms with E-state index >= 15 is 0 Å². The standard InChI is InChI=1S/C18H22ClIN2O4/c1-18(2,3)22-17(24)16(19)15(10-21-22)26-11-12-5-6-13(20)9-14(12)25-8-4-7-23/h5-6,9-10,23H,4,7-8,11H2,1-3H3. The summed E-state index contributed by atoms with van der Waals surface area (Å²) in [6.07, 6.45) is 2.00. The van der Waals surface area contributed by atoms with E-state index in [-0.39, 0.29) is 24.0 Å². The third-order valence-electron chi connectivity index (χ3n) is 3.49. The Morgan fingerprint density at radius 3 is 2.65 bits per heavy atom. The van der Waals surface area contributed by atoms with Crippen LogP contribution >= 0.6 is 34.2 Å². The summed E-state index contributed by atoms with van der Waals surface area (Å²) in [4.78, 5) is 12.4. The number of nitrogens with zero attached hydrogens (tertiary/aromatic N) is 2. The van der Waals surface area contributed by atoms with Crippen molar-refractivity contribution in [3.05, 3.63) is 48.9 Å². The first-order chi connectivity index (χ1) is 12.2. The molecule has 0 atom stereocenters. The molecule has 0 radical (unpaired) electrons. The van der Waals surface area contributed by atoms with Crippen molar-refractivity contribution in [3.63, 3.8) is 0 Å². The second-order valence-corrected chi connectivity index (χ2v) is 8.30. The van der Waals surface area contributed by atoms with Gasteiger partial charge in [0.15, 0.2) is 10.8 Å². The zero-order valence-electron chi connectivity index (χ0n) is 15.0. The highest BCUT2D eigenvalue weighted by atomic mass is 127. The molecule has 8 heteroatoms. The van der Waals surface area contributed by atoms with E-state index in [2.05, 4.69) is 27.7 Å². The lowest BCUT2D eigenvalue weighted by Crippen LogP contribution is -2.36. The Balaban J connectivity index is 2.19. The first-order valence-electron chi connectivity index (χ1n) is 8.17. The number of halogens is 2. The van der Waals surface area contributed by atoms with Crippen molar-refractivity contribution in [3.8, 4) is 11.5 Å². The SMILES string of the molecule is CC(C)(C)n1ncc(OCc2ccc(I)cc2OCCCO)c(Cl)c1=O. The third kappa shape index (κ3) is 5.34. The van der Waals surface area contributed by atoms with E-state index in [0.717, 1.165) is 9.13 Å². The molecule has 6 nitrogen and oxygen atoms in total. The normalized spacial score (nSPS) is 11.5. The molecule has 0 saturated heterocycles. The Hall–Kier alpha value is -1.32. The van der Waals surface area contributed by atoms with Crippen LogP contribution in [0.15, 0.2) is 29.2 Å². The molecule has 0 saturated carbocycles. The summed E-state index contributed by atoms with van der Waals surface area (Å²) >= 11 is 8.38.